The van der Waals surface area contributed by atoms with E-state index < -0.39 is 15.7 Å². The molecule has 0 fully saturated rings. The summed E-state index contributed by atoms with van der Waals surface area (Å²) >= 11 is 0. The van der Waals surface area contributed by atoms with Gasteiger partial charge in [-0.2, -0.15) is 0 Å². The molecule has 0 saturated heterocycles. The molecule has 7 nitrogen and oxygen atoms in total. The van der Waals surface area contributed by atoms with Crippen LogP contribution >= 0.6 is 0 Å². The van der Waals surface area contributed by atoms with Crippen LogP contribution in [0.5, 0.6) is 0 Å². The number of nitrogens with one attached hydrogen (secondary N) is 2. The summed E-state index contributed by atoms with van der Waals surface area (Å²) in [4.78, 5) is 26.4. The molecule has 27 heavy (non-hydrogen) atoms. The molecule has 8 heteroatoms. The van der Waals surface area contributed by atoms with E-state index in [0.717, 1.165) is 11.8 Å². The number of sulfone groups is 1. The molecule has 144 valence electrons. The van der Waals surface area contributed by atoms with Gasteiger partial charge in [0, 0.05) is 11.8 Å². The Hall–Kier alpha value is -2.71. The molecule has 2 rings (SSSR count). The van der Waals surface area contributed by atoms with Crippen LogP contribution in [0.25, 0.3) is 0 Å². The zero-order valence-corrected chi connectivity index (χ0v) is 16.6. The number of benzene rings is 2. The average Bonchev–Trinajstić information content (AvgIpc) is 2.56. The van der Waals surface area contributed by atoms with E-state index in [9.17, 15) is 18.0 Å². The number of rotatable bonds is 6. The Balaban J connectivity index is 2.21. The lowest BCUT2D eigenvalue weighted by molar-refractivity contribution is -0.116. The van der Waals surface area contributed by atoms with E-state index in [1.165, 1.54) is 24.3 Å². The summed E-state index contributed by atoms with van der Waals surface area (Å²) in [6, 6.07) is 11.0. The molecule has 0 unspecified atom stereocenters. The van der Waals surface area contributed by atoms with Crippen molar-refractivity contribution in [1.29, 1.82) is 0 Å². The fraction of sp³-hybridized carbons (Fsp3) is 0.263. The molecule has 0 saturated carbocycles. The van der Waals surface area contributed by atoms with E-state index in [1.807, 2.05) is 13.0 Å². The van der Waals surface area contributed by atoms with E-state index in [2.05, 4.69) is 10.6 Å². The normalized spacial score (nSPS) is 11.3. The van der Waals surface area contributed by atoms with Gasteiger partial charge in [-0.25, -0.2) is 8.42 Å². The van der Waals surface area contributed by atoms with Crippen molar-refractivity contribution < 1.29 is 18.0 Å². The van der Waals surface area contributed by atoms with Crippen molar-refractivity contribution in [2.45, 2.75) is 11.8 Å². The summed E-state index contributed by atoms with van der Waals surface area (Å²) in [5.74, 6) is -0.597. The van der Waals surface area contributed by atoms with Gasteiger partial charge in [0.2, 0.25) is 5.91 Å². The molecule has 2 aromatic rings. The predicted molar refractivity (Wildman–Crippen MR) is 106 cm³/mol. The van der Waals surface area contributed by atoms with Crippen molar-refractivity contribution >= 4 is 33.0 Å². The molecule has 0 radical (unpaired) electrons. The number of carbonyl (C=O) groups is 2. The highest BCUT2D eigenvalue weighted by molar-refractivity contribution is 7.90. The van der Waals surface area contributed by atoms with Gasteiger partial charge in [-0.3, -0.25) is 9.59 Å². The third-order valence-corrected chi connectivity index (χ3v) is 4.83. The van der Waals surface area contributed by atoms with Crippen LogP contribution in [0, 0.1) is 6.92 Å². The first-order valence-corrected chi connectivity index (χ1v) is 10.1. The van der Waals surface area contributed by atoms with Gasteiger partial charge in [0.25, 0.3) is 5.91 Å². The van der Waals surface area contributed by atoms with Crippen molar-refractivity contribution in [3.63, 3.8) is 0 Å². The number of likely N-dealkylation sites (N-methyl/N-ethyl adjacent to an activating group) is 1. The standard InChI is InChI=1S/C19H23N3O4S/c1-13-5-10-16(20-18(23)12-22(2)3)17(11-13)21-19(24)14-6-8-15(9-7-14)27(4,25)26/h5-11H,12H2,1-4H3,(H,20,23)(H,21,24). The number of hydrogen-bond donors (Lipinski definition) is 2. The summed E-state index contributed by atoms with van der Waals surface area (Å²) in [7, 11) is 0.255. The maximum Gasteiger partial charge on any atom is 0.255 e. The molecular weight excluding hydrogens is 366 g/mol. The number of amides is 2. The Morgan fingerprint density at radius 2 is 1.59 bits per heavy atom. The molecular formula is C19H23N3O4S. The second kappa shape index (κ2) is 8.32. The summed E-state index contributed by atoms with van der Waals surface area (Å²) in [5, 5.41) is 5.55. The number of aryl methyl sites for hydroxylation is 1. The highest BCUT2D eigenvalue weighted by Crippen LogP contribution is 2.24. The van der Waals surface area contributed by atoms with E-state index in [0.29, 0.717) is 16.9 Å². The highest BCUT2D eigenvalue weighted by Gasteiger charge is 2.13. The van der Waals surface area contributed by atoms with Crippen molar-refractivity contribution in [1.82, 2.24) is 4.90 Å². The van der Waals surface area contributed by atoms with Crippen LogP contribution in [0.1, 0.15) is 15.9 Å². The van der Waals surface area contributed by atoms with E-state index in [-0.39, 0.29) is 17.3 Å². The monoisotopic (exact) mass is 389 g/mol. The van der Waals surface area contributed by atoms with Crippen LogP contribution in [-0.4, -0.2) is 52.0 Å². The van der Waals surface area contributed by atoms with Crippen LogP contribution < -0.4 is 10.6 Å². The van der Waals surface area contributed by atoms with Crippen molar-refractivity contribution in [2.24, 2.45) is 0 Å². The fourth-order valence-corrected chi connectivity index (χ4v) is 3.03. The SMILES string of the molecule is Cc1ccc(NC(=O)CN(C)C)c(NC(=O)c2ccc(S(C)(=O)=O)cc2)c1. The van der Waals surface area contributed by atoms with Gasteiger partial charge in [0.1, 0.15) is 0 Å². The van der Waals surface area contributed by atoms with E-state index in [4.69, 9.17) is 0 Å². The first-order valence-electron chi connectivity index (χ1n) is 8.23. The van der Waals surface area contributed by atoms with Gasteiger partial charge in [-0.05, 0) is 63.0 Å². The smallest absolute Gasteiger partial charge is 0.255 e. The van der Waals surface area contributed by atoms with Crippen LogP contribution in [-0.2, 0) is 14.6 Å². The Labute approximate surface area is 159 Å². The number of carbonyl (C=O) groups excluding carboxylic acids is 2. The first-order chi connectivity index (χ1) is 12.6. The maximum absolute atomic E-state index is 12.5. The third-order valence-electron chi connectivity index (χ3n) is 3.70. The minimum Gasteiger partial charge on any atom is -0.323 e. The van der Waals surface area contributed by atoms with E-state index in [1.54, 1.807) is 31.1 Å². The molecule has 0 aliphatic rings. The molecule has 2 amide bonds. The van der Waals surface area contributed by atoms with Gasteiger partial charge in [0.05, 0.1) is 22.8 Å². The Morgan fingerprint density at radius 3 is 2.15 bits per heavy atom. The molecule has 2 N–H and O–H groups in total. The van der Waals surface area contributed by atoms with Gasteiger partial charge in [-0.1, -0.05) is 6.07 Å². The molecule has 0 aromatic heterocycles. The number of anilines is 2. The molecule has 2 aromatic carbocycles. The lowest BCUT2D eigenvalue weighted by Gasteiger charge is -2.15. The van der Waals surface area contributed by atoms with E-state index >= 15 is 0 Å². The average molecular weight is 389 g/mol. The molecule has 0 heterocycles. The number of nitrogens with zero attached hydrogens (tertiary/aromatic N) is 1. The maximum atomic E-state index is 12.5. The van der Waals surface area contributed by atoms with Crippen LogP contribution in [0.15, 0.2) is 47.4 Å². The van der Waals surface area contributed by atoms with Crippen molar-refractivity contribution in [3.05, 3.63) is 53.6 Å². The highest BCUT2D eigenvalue weighted by atomic mass is 32.2. The van der Waals surface area contributed by atoms with Crippen molar-refractivity contribution in [3.8, 4) is 0 Å². The second-order valence-corrected chi connectivity index (χ2v) is 8.60. The zero-order valence-electron chi connectivity index (χ0n) is 15.7. The van der Waals surface area contributed by atoms with Gasteiger partial charge in [0.15, 0.2) is 9.84 Å². The van der Waals surface area contributed by atoms with Crippen LogP contribution in [0.3, 0.4) is 0 Å². The Morgan fingerprint density at radius 1 is 0.963 bits per heavy atom. The summed E-state index contributed by atoms with van der Waals surface area (Å²) in [6.45, 7) is 2.09. The Bertz CT molecular complexity index is 951. The summed E-state index contributed by atoms with van der Waals surface area (Å²) in [5.41, 5.74) is 2.20. The van der Waals surface area contributed by atoms with Gasteiger partial charge in [-0.15, -0.1) is 0 Å². The number of hydrogen-bond acceptors (Lipinski definition) is 5. The zero-order chi connectivity index (χ0) is 20.2. The summed E-state index contributed by atoms with van der Waals surface area (Å²) < 4.78 is 23.0. The van der Waals surface area contributed by atoms with Crippen molar-refractivity contribution in [2.75, 3.05) is 37.5 Å². The third kappa shape index (κ3) is 5.90. The summed E-state index contributed by atoms with van der Waals surface area (Å²) in [6.07, 6.45) is 1.11. The molecule has 0 aliphatic carbocycles. The molecule has 0 aliphatic heterocycles. The van der Waals surface area contributed by atoms with Crippen LogP contribution in [0.4, 0.5) is 11.4 Å². The molecule has 0 atom stereocenters. The minimum atomic E-state index is -3.32. The molecule has 0 spiro atoms. The second-order valence-electron chi connectivity index (χ2n) is 6.59. The predicted octanol–water partition coefficient (Wildman–Crippen LogP) is 2.15. The topological polar surface area (TPSA) is 95.6 Å². The molecule has 0 bridgehead atoms. The quantitative estimate of drug-likeness (QED) is 0.789. The van der Waals surface area contributed by atoms with Crippen LogP contribution in [0.2, 0.25) is 0 Å². The first kappa shape index (κ1) is 20.6. The van der Waals surface area contributed by atoms with Gasteiger partial charge < -0.3 is 15.5 Å². The fourth-order valence-electron chi connectivity index (χ4n) is 2.40. The largest absolute Gasteiger partial charge is 0.323 e. The van der Waals surface area contributed by atoms with Gasteiger partial charge >= 0.3 is 0 Å². The lowest BCUT2D eigenvalue weighted by atomic mass is 10.1. The minimum absolute atomic E-state index is 0.145. The Kier molecular flexibility index (Phi) is 6.35. The lowest BCUT2D eigenvalue weighted by Crippen LogP contribution is -2.27.